The SMILES string of the molecule is Clc1sc(C(Cl)c2csc(Br)c2)cc1Br. The van der Waals surface area contributed by atoms with Crippen LogP contribution in [0.2, 0.25) is 4.34 Å². The van der Waals surface area contributed by atoms with Crippen molar-refractivity contribution in [3.05, 3.63) is 40.5 Å². The zero-order chi connectivity index (χ0) is 11.0. The first kappa shape index (κ1) is 12.4. The van der Waals surface area contributed by atoms with E-state index in [1.54, 1.807) is 11.3 Å². The van der Waals surface area contributed by atoms with Gasteiger partial charge in [0, 0.05) is 9.35 Å². The van der Waals surface area contributed by atoms with Crippen molar-refractivity contribution < 1.29 is 0 Å². The second-order valence-corrected chi connectivity index (χ2v) is 8.08. The van der Waals surface area contributed by atoms with Gasteiger partial charge in [0.25, 0.3) is 0 Å². The smallest absolute Gasteiger partial charge is 0.107 e. The quantitative estimate of drug-likeness (QED) is 0.512. The second-order valence-electron chi connectivity index (χ2n) is 2.82. The van der Waals surface area contributed by atoms with E-state index in [4.69, 9.17) is 23.2 Å². The van der Waals surface area contributed by atoms with E-state index in [1.165, 1.54) is 11.3 Å². The molecule has 6 heteroatoms. The van der Waals surface area contributed by atoms with Crippen molar-refractivity contribution in [2.45, 2.75) is 5.38 Å². The minimum atomic E-state index is -0.124. The van der Waals surface area contributed by atoms with Crippen LogP contribution in [-0.4, -0.2) is 0 Å². The number of hydrogen-bond donors (Lipinski definition) is 0. The molecule has 0 radical (unpaired) electrons. The van der Waals surface area contributed by atoms with Crippen LogP contribution in [0.3, 0.4) is 0 Å². The molecule has 80 valence electrons. The van der Waals surface area contributed by atoms with Crippen LogP contribution in [0.5, 0.6) is 0 Å². The molecule has 2 rings (SSSR count). The van der Waals surface area contributed by atoms with Gasteiger partial charge in [-0.1, -0.05) is 11.6 Å². The van der Waals surface area contributed by atoms with Gasteiger partial charge in [-0.3, -0.25) is 0 Å². The minimum Gasteiger partial charge on any atom is -0.136 e. The number of thiophene rings is 2. The van der Waals surface area contributed by atoms with E-state index < -0.39 is 0 Å². The third-order valence-corrected chi connectivity index (χ3v) is 6.47. The predicted molar refractivity (Wildman–Crippen MR) is 76.7 cm³/mol. The number of halogens is 4. The molecule has 0 amide bonds. The van der Waals surface area contributed by atoms with E-state index >= 15 is 0 Å². The van der Waals surface area contributed by atoms with Crippen LogP contribution >= 0.6 is 77.7 Å². The Kier molecular flexibility index (Phi) is 4.19. The molecule has 1 unspecified atom stereocenters. The predicted octanol–water partition coefficient (Wildman–Crippen LogP) is 6.32. The van der Waals surface area contributed by atoms with Gasteiger partial charge in [0.15, 0.2) is 0 Å². The summed E-state index contributed by atoms with van der Waals surface area (Å²) in [6.07, 6.45) is 0. The maximum absolute atomic E-state index is 6.35. The molecule has 15 heavy (non-hydrogen) atoms. The summed E-state index contributed by atoms with van der Waals surface area (Å²) in [6, 6.07) is 4.00. The fourth-order valence-electron chi connectivity index (χ4n) is 1.11. The molecule has 0 saturated carbocycles. The highest BCUT2D eigenvalue weighted by Crippen LogP contribution is 2.41. The zero-order valence-electron chi connectivity index (χ0n) is 7.14. The summed E-state index contributed by atoms with van der Waals surface area (Å²) >= 11 is 22.2. The number of alkyl halides is 1. The van der Waals surface area contributed by atoms with Crippen molar-refractivity contribution in [3.63, 3.8) is 0 Å². The van der Waals surface area contributed by atoms with E-state index in [1.807, 2.05) is 17.5 Å². The molecule has 1 atom stereocenters. The summed E-state index contributed by atoms with van der Waals surface area (Å²) in [4.78, 5) is 1.05. The van der Waals surface area contributed by atoms with Gasteiger partial charge in [0.05, 0.1) is 9.16 Å². The third-order valence-electron chi connectivity index (χ3n) is 1.79. The molecule has 0 aliphatic rings. The first-order valence-electron chi connectivity index (χ1n) is 3.90. The van der Waals surface area contributed by atoms with Crippen molar-refractivity contribution in [3.8, 4) is 0 Å². The summed E-state index contributed by atoms with van der Waals surface area (Å²) in [5.41, 5.74) is 1.10. The Morgan fingerprint density at radius 3 is 2.47 bits per heavy atom. The molecular formula is C9H4Br2Cl2S2. The zero-order valence-corrected chi connectivity index (χ0v) is 13.5. The van der Waals surface area contributed by atoms with Crippen LogP contribution in [0.4, 0.5) is 0 Å². The van der Waals surface area contributed by atoms with Crippen LogP contribution in [0.15, 0.2) is 25.8 Å². The maximum atomic E-state index is 6.35. The van der Waals surface area contributed by atoms with Gasteiger partial charge in [0.1, 0.15) is 4.34 Å². The van der Waals surface area contributed by atoms with E-state index in [0.29, 0.717) is 0 Å². The lowest BCUT2D eigenvalue weighted by molar-refractivity contribution is 1.20. The molecule has 0 bridgehead atoms. The van der Waals surface area contributed by atoms with Crippen molar-refractivity contribution in [1.29, 1.82) is 0 Å². The highest BCUT2D eigenvalue weighted by molar-refractivity contribution is 9.11. The first-order valence-corrected chi connectivity index (χ1v) is 8.00. The maximum Gasteiger partial charge on any atom is 0.107 e. The average Bonchev–Trinajstić information content (AvgIpc) is 2.74. The minimum absolute atomic E-state index is 0.124. The Hall–Kier alpha value is 0.940. The Morgan fingerprint density at radius 2 is 2.00 bits per heavy atom. The molecule has 2 aromatic heterocycles. The third kappa shape index (κ3) is 2.79. The lowest BCUT2D eigenvalue weighted by Crippen LogP contribution is -1.85. The molecule has 0 N–H and O–H groups in total. The monoisotopic (exact) mass is 404 g/mol. The molecule has 0 aromatic carbocycles. The highest BCUT2D eigenvalue weighted by atomic mass is 79.9. The Labute approximate surface area is 122 Å². The van der Waals surface area contributed by atoms with E-state index in [-0.39, 0.29) is 5.38 Å². The summed E-state index contributed by atoms with van der Waals surface area (Å²) in [6.45, 7) is 0. The largest absolute Gasteiger partial charge is 0.136 e. The molecule has 2 heterocycles. The van der Waals surface area contributed by atoms with E-state index in [2.05, 4.69) is 31.9 Å². The number of hydrogen-bond acceptors (Lipinski definition) is 2. The Bertz CT molecular complexity index is 459. The molecule has 0 fully saturated rings. The van der Waals surface area contributed by atoms with Crippen LogP contribution < -0.4 is 0 Å². The van der Waals surface area contributed by atoms with Crippen molar-refractivity contribution in [2.24, 2.45) is 0 Å². The van der Waals surface area contributed by atoms with Crippen LogP contribution in [0, 0.1) is 0 Å². The Balaban J connectivity index is 2.31. The first-order chi connectivity index (χ1) is 7.08. The summed E-state index contributed by atoms with van der Waals surface area (Å²) < 4.78 is 2.74. The van der Waals surface area contributed by atoms with Crippen molar-refractivity contribution in [1.82, 2.24) is 0 Å². The average molecular weight is 407 g/mol. The summed E-state index contributed by atoms with van der Waals surface area (Å²) in [5, 5.41) is 1.92. The lowest BCUT2D eigenvalue weighted by atomic mass is 10.2. The van der Waals surface area contributed by atoms with Gasteiger partial charge in [-0.25, -0.2) is 0 Å². The lowest BCUT2D eigenvalue weighted by Gasteiger charge is -2.02. The van der Waals surface area contributed by atoms with E-state index in [9.17, 15) is 0 Å². The van der Waals surface area contributed by atoms with Crippen LogP contribution in [0.25, 0.3) is 0 Å². The molecule has 0 spiro atoms. The summed E-state index contributed by atoms with van der Waals surface area (Å²) in [5.74, 6) is 0. The molecule has 0 saturated heterocycles. The topological polar surface area (TPSA) is 0 Å². The second kappa shape index (κ2) is 5.07. The van der Waals surface area contributed by atoms with Crippen molar-refractivity contribution >= 4 is 77.7 Å². The Morgan fingerprint density at radius 1 is 1.27 bits per heavy atom. The van der Waals surface area contributed by atoms with Gasteiger partial charge in [-0.2, -0.15) is 0 Å². The van der Waals surface area contributed by atoms with E-state index in [0.717, 1.165) is 23.0 Å². The van der Waals surface area contributed by atoms with Gasteiger partial charge in [0.2, 0.25) is 0 Å². The van der Waals surface area contributed by atoms with Crippen LogP contribution in [-0.2, 0) is 0 Å². The highest BCUT2D eigenvalue weighted by Gasteiger charge is 2.16. The molecule has 0 nitrogen and oxygen atoms in total. The normalized spacial score (nSPS) is 13.1. The molecule has 0 aliphatic carbocycles. The van der Waals surface area contributed by atoms with Gasteiger partial charge in [-0.15, -0.1) is 34.3 Å². The van der Waals surface area contributed by atoms with Crippen LogP contribution in [0.1, 0.15) is 15.8 Å². The van der Waals surface area contributed by atoms with Crippen molar-refractivity contribution in [2.75, 3.05) is 0 Å². The standard InChI is InChI=1S/C9H4Br2Cl2S2/c10-5-2-6(15-9(5)13)8(12)4-1-7(11)14-3-4/h1-3,8H. The van der Waals surface area contributed by atoms with Gasteiger partial charge < -0.3 is 0 Å². The molecule has 0 aliphatic heterocycles. The fourth-order valence-corrected chi connectivity index (χ4v) is 4.45. The fraction of sp³-hybridized carbons (Fsp3) is 0.111. The molecular weight excluding hydrogens is 403 g/mol. The summed E-state index contributed by atoms with van der Waals surface area (Å²) in [7, 11) is 0. The molecule has 2 aromatic rings. The van der Waals surface area contributed by atoms with Gasteiger partial charge >= 0.3 is 0 Å². The number of rotatable bonds is 2. The van der Waals surface area contributed by atoms with Gasteiger partial charge in [-0.05, 0) is 54.9 Å².